The van der Waals surface area contributed by atoms with Crippen LogP contribution < -0.4 is 0 Å². The largest absolute Gasteiger partial charge is 0.406 e. The SMILES string of the molecule is CCN(CC(F)(F)F)C(=O)c1csc(Br)c1. The van der Waals surface area contributed by atoms with E-state index in [9.17, 15) is 18.0 Å². The van der Waals surface area contributed by atoms with Crippen molar-refractivity contribution in [3.63, 3.8) is 0 Å². The lowest BCUT2D eigenvalue weighted by molar-refractivity contribution is -0.140. The zero-order valence-corrected chi connectivity index (χ0v) is 10.7. The molecular formula is C9H9BrF3NOS. The highest BCUT2D eigenvalue weighted by atomic mass is 79.9. The maximum Gasteiger partial charge on any atom is 0.406 e. The van der Waals surface area contributed by atoms with Crippen LogP contribution in [0, 0.1) is 0 Å². The summed E-state index contributed by atoms with van der Waals surface area (Å²) < 4.78 is 37.2. The predicted molar refractivity (Wildman–Crippen MR) is 59.7 cm³/mol. The van der Waals surface area contributed by atoms with E-state index in [1.807, 2.05) is 0 Å². The molecule has 0 radical (unpaired) electrons. The molecule has 1 amide bonds. The zero-order valence-electron chi connectivity index (χ0n) is 8.34. The second-order valence-electron chi connectivity index (χ2n) is 3.07. The van der Waals surface area contributed by atoms with Crippen molar-refractivity contribution in [1.82, 2.24) is 4.90 Å². The highest BCUT2D eigenvalue weighted by Gasteiger charge is 2.32. The van der Waals surface area contributed by atoms with Gasteiger partial charge in [0.1, 0.15) is 6.54 Å². The van der Waals surface area contributed by atoms with E-state index in [0.717, 1.165) is 8.69 Å². The van der Waals surface area contributed by atoms with Crippen LogP contribution in [0.1, 0.15) is 17.3 Å². The summed E-state index contributed by atoms with van der Waals surface area (Å²) in [6.07, 6.45) is -4.36. The van der Waals surface area contributed by atoms with Crippen molar-refractivity contribution in [2.24, 2.45) is 0 Å². The fourth-order valence-electron chi connectivity index (χ4n) is 1.15. The van der Waals surface area contributed by atoms with Crippen molar-refractivity contribution in [2.75, 3.05) is 13.1 Å². The lowest BCUT2D eigenvalue weighted by Crippen LogP contribution is -2.38. The van der Waals surface area contributed by atoms with Gasteiger partial charge in [0.2, 0.25) is 0 Å². The van der Waals surface area contributed by atoms with Gasteiger partial charge in [0.25, 0.3) is 5.91 Å². The molecule has 0 saturated heterocycles. The van der Waals surface area contributed by atoms with Gasteiger partial charge < -0.3 is 4.90 Å². The minimum Gasteiger partial charge on any atom is -0.330 e. The van der Waals surface area contributed by atoms with Gasteiger partial charge in [-0.2, -0.15) is 13.2 Å². The molecule has 0 N–H and O–H groups in total. The molecule has 0 spiro atoms. The van der Waals surface area contributed by atoms with Gasteiger partial charge >= 0.3 is 6.18 Å². The zero-order chi connectivity index (χ0) is 12.3. The van der Waals surface area contributed by atoms with Crippen LogP contribution in [0.15, 0.2) is 15.2 Å². The van der Waals surface area contributed by atoms with Gasteiger partial charge in [-0.15, -0.1) is 11.3 Å². The Balaban J connectivity index is 2.78. The van der Waals surface area contributed by atoms with E-state index in [1.165, 1.54) is 29.7 Å². The topological polar surface area (TPSA) is 20.3 Å². The summed E-state index contributed by atoms with van der Waals surface area (Å²) in [4.78, 5) is 12.5. The third-order valence-corrected chi connectivity index (χ3v) is 3.36. The summed E-state index contributed by atoms with van der Waals surface area (Å²) >= 11 is 4.42. The van der Waals surface area contributed by atoms with Gasteiger partial charge in [0.15, 0.2) is 0 Å². The van der Waals surface area contributed by atoms with Crippen LogP contribution in [0.3, 0.4) is 0 Å². The van der Waals surface area contributed by atoms with E-state index in [0.29, 0.717) is 0 Å². The lowest BCUT2D eigenvalue weighted by Gasteiger charge is -2.21. The molecule has 0 bridgehead atoms. The van der Waals surface area contributed by atoms with Crippen molar-refractivity contribution >= 4 is 33.2 Å². The molecule has 1 heterocycles. The van der Waals surface area contributed by atoms with Gasteiger partial charge in [-0.1, -0.05) is 0 Å². The molecule has 90 valence electrons. The van der Waals surface area contributed by atoms with E-state index in [4.69, 9.17) is 0 Å². The molecule has 0 aromatic carbocycles. The Morgan fingerprint density at radius 1 is 1.56 bits per heavy atom. The highest BCUT2D eigenvalue weighted by Crippen LogP contribution is 2.23. The molecule has 16 heavy (non-hydrogen) atoms. The Hall–Kier alpha value is -0.560. The second kappa shape index (κ2) is 5.18. The summed E-state index contributed by atoms with van der Waals surface area (Å²) in [5, 5.41) is 1.53. The second-order valence-corrected chi connectivity index (χ2v) is 5.36. The molecule has 0 fully saturated rings. The quantitative estimate of drug-likeness (QED) is 0.835. The summed E-state index contributed by atoms with van der Waals surface area (Å²) in [6, 6.07) is 1.52. The Morgan fingerprint density at radius 2 is 2.19 bits per heavy atom. The van der Waals surface area contributed by atoms with E-state index < -0.39 is 18.6 Å². The molecule has 1 aromatic rings. The third-order valence-electron chi connectivity index (χ3n) is 1.85. The molecule has 0 unspecified atom stereocenters. The van der Waals surface area contributed by atoms with Crippen LogP contribution in [0.5, 0.6) is 0 Å². The molecular weight excluding hydrogens is 307 g/mol. The summed E-state index contributed by atoms with van der Waals surface area (Å²) in [5.41, 5.74) is 0.281. The molecule has 0 aliphatic carbocycles. The summed E-state index contributed by atoms with van der Waals surface area (Å²) in [7, 11) is 0. The number of halogens is 4. The Kier molecular flexibility index (Phi) is 4.37. The maximum atomic E-state index is 12.2. The Labute approximate surface area is 103 Å². The molecule has 0 saturated carbocycles. The first-order valence-corrected chi connectivity index (χ1v) is 6.11. The number of nitrogens with zero attached hydrogens (tertiary/aromatic N) is 1. The van der Waals surface area contributed by atoms with Crippen LogP contribution in [-0.4, -0.2) is 30.1 Å². The molecule has 0 aliphatic rings. The molecule has 0 aliphatic heterocycles. The van der Waals surface area contributed by atoms with E-state index >= 15 is 0 Å². The summed E-state index contributed by atoms with van der Waals surface area (Å²) in [6.45, 7) is 0.340. The number of thiophene rings is 1. The first kappa shape index (κ1) is 13.5. The minimum atomic E-state index is -4.36. The fraction of sp³-hybridized carbons (Fsp3) is 0.444. The smallest absolute Gasteiger partial charge is 0.330 e. The van der Waals surface area contributed by atoms with Crippen molar-refractivity contribution in [2.45, 2.75) is 13.1 Å². The fourth-order valence-corrected chi connectivity index (χ4v) is 2.28. The highest BCUT2D eigenvalue weighted by molar-refractivity contribution is 9.11. The maximum absolute atomic E-state index is 12.2. The number of carbonyl (C=O) groups is 1. The predicted octanol–water partition coefficient (Wildman–Crippen LogP) is 3.54. The van der Waals surface area contributed by atoms with Crippen molar-refractivity contribution in [3.8, 4) is 0 Å². The van der Waals surface area contributed by atoms with Crippen LogP contribution in [-0.2, 0) is 0 Å². The van der Waals surface area contributed by atoms with Crippen LogP contribution in [0.25, 0.3) is 0 Å². The number of carbonyl (C=O) groups excluding carboxylic acids is 1. The Bertz CT molecular complexity index is 377. The van der Waals surface area contributed by atoms with E-state index in [1.54, 1.807) is 0 Å². The standard InChI is InChI=1S/C9H9BrF3NOS/c1-2-14(5-9(11,12)13)8(15)6-3-7(10)16-4-6/h3-4H,2,5H2,1H3. The molecule has 1 aromatic heterocycles. The van der Waals surface area contributed by atoms with Crippen LogP contribution in [0.4, 0.5) is 13.2 Å². The first-order chi connectivity index (χ1) is 7.33. The number of rotatable bonds is 3. The summed E-state index contributed by atoms with van der Waals surface area (Å²) in [5.74, 6) is -0.596. The average Bonchev–Trinajstić information content (AvgIpc) is 2.58. The van der Waals surface area contributed by atoms with Gasteiger partial charge in [0, 0.05) is 11.9 Å². The average molecular weight is 316 g/mol. The number of amides is 1. The molecule has 1 rings (SSSR count). The number of hydrogen-bond donors (Lipinski definition) is 0. The Morgan fingerprint density at radius 3 is 2.56 bits per heavy atom. The third kappa shape index (κ3) is 3.79. The van der Waals surface area contributed by atoms with Gasteiger partial charge in [0.05, 0.1) is 9.35 Å². The van der Waals surface area contributed by atoms with Crippen molar-refractivity contribution in [1.29, 1.82) is 0 Å². The van der Waals surface area contributed by atoms with Gasteiger partial charge in [-0.3, -0.25) is 4.79 Å². The van der Waals surface area contributed by atoms with E-state index in [-0.39, 0.29) is 12.1 Å². The molecule has 2 nitrogen and oxygen atoms in total. The first-order valence-electron chi connectivity index (χ1n) is 4.43. The van der Waals surface area contributed by atoms with Crippen molar-refractivity contribution in [3.05, 3.63) is 20.8 Å². The van der Waals surface area contributed by atoms with E-state index in [2.05, 4.69) is 15.9 Å². The van der Waals surface area contributed by atoms with Gasteiger partial charge in [-0.25, -0.2) is 0 Å². The number of hydrogen-bond acceptors (Lipinski definition) is 2. The monoisotopic (exact) mass is 315 g/mol. The van der Waals surface area contributed by atoms with Crippen LogP contribution >= 0.6 is 27.3 Å². The lowest BCUT2D eigenvalue weighted by atomic mass is 10.3. The van der Waals surface area contributed by atoms with Gasteiger partial charge in [-0.05, 0) is 28.9 Å². The van der Waals surface area contributed by atoms with Crippen LogP contribution in [0.2, 0.25) is 0 Å². The van der Waals surface area contributed by atoms with Crippen molar-refractivity contribution < 1.29 is 18.0 Å². The minimum absolute atomic E-state index is 0.0335. The molecule has 7 heteroatoms. The number of alkyl halides is 3. The normalized spacial score (nSPS) is 11.6. The molecule has 0 atom stereocenters.